The molecule has 180 valence electrons. The Morgan fingerprint density at radius 1 is 1.00 bits per heavy atom. The number of carbonyl (C=O) groups excluding carboxylic acids is 2. The molecule has 0 saturated carbocycles. The number of halogens is 1. The number of amides is 2. The molecule has 0 spiro atoms. The number of hydrogen-bond acceptors (Lipinski definition) is 4. The van der Waals surface area contributed by atoms with E-state index < -0.39 is 28.5 Å². The average Bonchev–Trinajstić information content (AvgIpc) is 2.74. The second-order valence-corrected chi connectivity index (χ2v) is 11.7. The van der Waals surface area contributed by atoms with Crippen LogP contribution in [0.5, 0.6) is 0 Å². The highest BCUT2D eigenvalue weighted by atomic mass is 127. The number of benzene rings is 2. The lowest BCUT2D eigenvalue weighted by atomic mass is 10.1. The van der Waals surface area contributed by atoms with Crippen LogP contribution in [0.2, 0.25) is 0 Å². The summed E-state index contributed by atoms with van der Waals surface area (Å²) >= 11 is 2.13. The Labute approximate surface area is 210 Å². The van der Waals surface area contributed by atoms with Crippen molar-refractivity contribution in [3.8, 4) is 0 Å². The topological polar surface area (TPSA) is 86.8 Å². The van der Waals surface area contributed by atoms with Crippen molar-refractivity contribution in [2.24, 2.45) is 5.92 Å². The second kappa shape index (κ2) is 11.8. The van der Waals surface area contributed by atoms with Gasteiger partial charge in [0, 0.05) is 16.7 Å². The predicted molar refractivity (Wildman–Crippen MR) is 140 cm³/mol. The van der Waals surface area contributed by atoms with Gasteiger partial charge in [-0.15, -0.1) is 0 Å². The minimum absolute atomic E-state index is 0.194. The van der Waals surface area contributed by atoms with Crippen molar-refractivity contribution in [2.75, 3.05) is 23.7 Å². The Morgan fingerprint density at radius 2 is 1.58 bits per heavy atom. The number of rotatable bonds is 10. The van der Waals surface area contributed by atoms with Gasteiger partial charge >= 0.3 is 0 Å². The van der Waals surface area contributed by atoms with Gasteiger partial charge in [-0.3, -0.25) is 13.9 Å². The van der Waals surface area contributed by atoms with E-state index >= 15 is 0 Å². The summed E-state index contributed by atoms with van der Waals surface area (Å²) in [5.74, 6) is -0.458. The van der Waals surface area contributed by atoms with Gasteiger partial charge in [0.25, 0.3) is 0 Å². The number of hydrogen-bond donors (Lipinski definition) is 1. The number of nitrogens with zero attached hydrogens (tertiary/aromatic N) is 2. The lowest BCUT2D eigenvalue weighted by molar-refractivity contribution is -0.139. The number of aryl methyl sites for hydroxylation is 1. The molecule has 2 aromatic rings. The van der Waals surface area contributed by atoms with Crippen molar-refractivity contribution in [2.45, 2.75) is 40.3 Å². The normalized spacial score (nSPS) is 12.3. The van der Waals surface area contributed by atoms with Crippen LogP contribution >= 0.6 is 22.6 Å². The highest BCUT2D eigenvalue weighted by molar-refractivity contribution is 14.1. The van der Waals surface area contributed by atoms with Gasteiger partial charge in [0.05, 0.1) is 11.9 Å². The van der Waals surface area contributed by atoms with Crippen molar-refractivity contribution in [1.29, 1.82) is 0 Å². The van der Waals surface area contributed by atoms with Gasteiger partial charge in [-0.2, -0.15) is 0 Å². The zero-order valence-corrected chi connectivity index (χ0v) is 22.7. The van der Waals surface area contributed by atoms with Gasteiger partial charge in [0.1, 0.15) is 12.6 Å². The lowest BCUT2D eigenvalue weighted by Gasteiger charge is -2.31. The Balaban J connectivity index is 2.34. The molecule has 0 fully saturated rings. The second-order valence-electron chi connectivity index (χ2n) is 8.57. The van der Waals surface area contributed by atoms with Crippen LogP contribution in [0.1, 0.15) is 31.9 Å². The third-order valence-corrected chi connectivity index (χ3v) is 6.98. The summed E-state index contributed by atoms with van der Waals surface area (Å²) < 4.78 is 27.1. The van der Waals surface area contributed by atoms with Gasteiger partial charge in [0.15, 0.2) is 0 Å². The monoisotopic (exact) mass is 585 g/mol. The van der Waals surface area contributed by atoms with Crippen LogP contribution in [-0.4, -0.2) is 50.5 Å². The van der Waals surface area contributed by atoms with E-state index in [0.717, 1.165) is 25.3 Å². The highest BCUT2D eigenvalue weighted by Gasteiger charge is 2.30. The third kappa shape index (κ3) is 8.29. The maximum absolute atomic E-state index is 13.4. The summed E-state index contributed by atoms with van der Waals surface area (Å²) in [4.78, 5) is 27.7. The molecule has 0 bridgehead atoms. The molecule has 0 aliphatic rings. The molecule has 2 aromatic carbocycles. The maximum Gasteiger partial charge on any atom is 0.244 e. The number of carbonyl (C=O) groups is 2. The zero-order chi connectivity index (χ0) is 24.8. The van der Waals surface area contributed by atoms with Crippen molar-refractivity contribution >= 4 is 50.1 Å². The van der Waals surface area contributed by atoms with E-state index in [1.807, 2.05) is 45.0 Å². The molecule has 2 amide bonds. The first-order chi connectivity index (χ1) is 15.4. The molecular formula is C24H32IN3O4S. The van der Waals surface area contributed by atoms with Crippen LogP contribution in [0.25, 0.3) is 0 Å². The first kappa shape index (κ1) is 27.1. The van der Waals surface area contributed by atoms with Gasteiger partial charge in [-0.25, -0.2) is 8.42 Å². The third-order valence-electron chi connectivity index (χ3n) is 5.12. The van der Waals surface area contributed by atoms with E-state index in [1.54, 1.807) is 31.2 Å². The molecule has 0 radical (unpaired) electrons. The Bertz CT molecular complexity index is 1050. The molecule has 1 atom stereocenters. The van der Waals surface area contributed by atoms with Crippen LogP contribution in [-0.2, 0) is 26.2 Å². The molecule has 33 heavy (non-hydrogen) atoms. The van der Waals surface area contributed by atoms with E-state index in [-0.39, 0.29) is 18.4 Å². The molecule has 0 aliphatic carbocycles. The molecule has 2 rings (SSSR count). The number of nitrogens with one attached hydrogen (secondary N) is 1. The Morgan fingerprint density at radius 3 is 2.09 bits per heavy atom. The van der Waals surface area contributed by atoms with Crippen molar-refractivity contribution in [3.05, 3.63) is 63.2 Å². The van der Waals surface area contributed by atoms with Crippen molar-refractivity contribution < 1.29 is 18.0 Å². The lowest BCUT2D eigenvalue weighted by Crippen LogP contribution is -2.51. The summed E-state index contributed by atoms with van der Waals surface area (Å²) in [6.07, 6.45) is 1.07. The highest BCUT2D eigenvalue weighted by Crippen LogP contribution is 2.20. The summed E-state index contributed by atoms with van der Waals surface area (Å²) in [5, 5.41) is 2.87. The molecule has 9 heteroatoms. The first-order valence-corrected chi connectivity index (χ1v) is 13.7. The summed E-state index contributed by atoms with van der Waals surface area (Å²) in [7, 11) is -3.72. The smallest absolute Gasteiger partial charge is 0.244 e. The van der Waals surface area contributed by atoms with E-state index in [1.165, 1.54) is 4.90 Å². The molecule has 0 heterocycles. The van der Waals surface area contributed by atoms with Crippen LogP contribution in [0.4, 0.5) is 5.69 Å². The molecule has 0 unspecified atom stereocenters. The number of sulfonamides is 1. The largest absolute Gasteiger partial charge is 0.354 e. The molecule has 1 N–H and O–H groups in total. The van der Waals surface area contributed by atoms with Crippen molar-refractivity contribution in [3.63, 3.8) is 0 Å². The fourth-order valence-corrected chi connectivity index (χ4v) is 4.36. The predicted octanol–water partition coefficient (Wildman–Crippen LogP) is 3.56. The van der Waals surface area contributed by atoms with Crippen molar-refractivity contribution in [1.82, 2.24) is 10.2 Å². The van der Waals surface area contributed by atoms with E-state index in [2.05, 4.69) is 27.9 Å². The molecular weight excluding hydrogens is 553 g/mol. The van der Waals surface area contributed by atoms with Crippen LogP contribution < -0.4 is 9.62 Å². The number of anilines is 1. The molecule has 7 nitrogen and oxygen atoms in total. The summed E-state index contributed by atoms with van der Waals surface area (Å²) in [6.45, 7) is 7.91. The van der Waals surface area contributed by atoms with Crippen LogP contribution in [0.3, 0.4) is 0 Å². The van der Waals surface area contributed by atoms with Crippen LogP contribution in [0, 0.1) is 16.4 Å². The minimum Gasteiger partial charge on any atom is -0.354 e. The SMILES string of the molecule is Cc1ccc(CN(C(=O)CN(c2ccc(I)cc2)S(C)(=O)=O)[C@H](C)C(=O)NCC(C)C)cc1. The molecule has 0 aliphatic heterocycles. The molecule has 0 aromatic heterocycles. The van der Waals surface area contributed by atoms with Gasteiger partial charge < -0.3 is 10.2 Å². The Hall–Kier alpha value is -2.14. The minimum atomic E-state index is -3.72. The van der Waals surface area contributed by atoms with Gasteiger partial charge in [-0.05, 0) is 72.2 Å². The van der Waals surface area contributed by atoms with E-state index in [4.69, 9.17) is 0 Å². The maximum atomic E-state index is 13.4. The Kier molecular flexibility index (Phi) is 9.71. The van der Waals surface area contributed by atoms with Gasteiger partial charge in [-0.1, -0.05) is 43.7 Å². The molecule has 0 saturated heterocycles. The fourth-order valence-electron chi connectivity index (χ4n) is 3.15. The standard InChI is InChI=1S/C24H32IN3O4S/c1-17(2)14-26-24(30)19(4)27(15-20-8-6-18(3)7-9-20)23(29)16-28(33(5,31)32)22-12-10-21(25)11-13-22/h6-13,17,19H,14-16H2,1-5H3,(H,26,30)/t19-/m1/s1. The summed E-state index contributed by atoms with van der Waals surface area (Å²) in [6, 6.07) is 13.8. The zero-order valence-electron chi connectivity index (χ0n) is 19.7. The summed E-state index contributed by atoms with van der Waals surface area (Å²) in [5.41, 5.74) is 2.34. The fraction of sp³-hybridized carbons (Fsp3) is 0.417. The van der Waals surface area contributed by atoms with E-state index in [0.29, 0.717) is 12.2 Å². The van der Waals surface area contributed by atoms with Crippen LogP contribution in [0.15, 0.2) is 48.5 Å². The van der Waals surface area contributed by atoms with Gasteiger partial charge in [0.2, 0.25) is 21.8 Å². The quantitative estimate of drug-likeness (QED) is 0.433. The van der Waals surface area contributed by atoms with E-state index in [9.17, 15) is 18.0 Å². The average molecular weight is 586 g/mol. The first-order valence-electron chi connectivity index (χ1n) is 10.7.